The van der Waals surface area contributed by atoms with E-state index in [4.69, 9.17) is 9.47 Å². The molecule has 6 nitrogen and oxygen atoms in total. The lowest BCUT2D eigenvalue weighted by Crippen LogP contribution is -2.56. The van der Waals surface area contributed by atoms with Crippen LogP contribution in [-0.2, 0) is 23.9 Å². The third-order valence-electron chi connectivity index (χ3n) is 7.08. The van der Waals surface area contributed by atoms with Crippen molar-refractivity contribution in [1.29, 1.82) is 0 Å². The van der Waals surface area contributed by atoms with E-state index in [0.29, 0.717) is 12.3 Å². The van der Waals surface area contributed by atoms with Crippen LogP contribution in [0.3, 0.4) is 0 Å². The smallest absolute Gasteiger partial charge is 0.331 e. The Morgan fingerprint density at radius 1 is 1.28 bits per heavy atom. The molecule has 0 saturated carbocycles. The number of rotatable bonds is 3. The average Bonchev–Trinajstić information content (AvgIpc) is 2.94. The van der Waals surface area contributed by atoms with Crippen molar-refractivity contribution >= 4 is 17.8 Å². The number of esters is 2. The third-order valence-corrected chi connectivity index (χ3v) is 7.08. The molecule has 0 aromatic carbocycles. The van der Waals surface area contributed by atoms with Crippen LogP contribution in [0.4, 0.5) is 0 Å². The minimum atomic E-state index is -1.28. The molecule has 1 amide bonds. The summed E-state index contributed by atoms with van der Waals surface area (Å²) in [6.45, 7) is 11.9. The lowest BCUT2D eigenvalue weighted by Gasteiger charge is -2.45. The Hall–Kier alpha value is -2.37. The van der Waals surface area contributed by atoms with Gasteiger partial charge in [-0.25, -0.2) is 4.79 Å². The van der Waals surface area contributed by atoms with Gasteiger partial charge in [-0.2, -0.15) is 0 Å². The first-order valence-electron chi connectivity index (χ1n) is 11.8. The SMILES string of the molecule is CC(=O)O[C@@H]1/C=C/C(=O)O[C@@]23C(=O)N[C@@H](CC(C)C)[C@@H]2[C@@H](C)C(C)=C[C@@H]3/C=C(\C)CCC1. The molecule has 1 fully saturated rings. The molecular formula is C26H37NO5. The van der Waals surface area contributed by atoms with E-state index in [2.05, 4.69) is 45.2 Å². The van der Waals surface area contributed by atoms with Crippen molar-refractivity contribution in [2.45, 2.75) is 85.0 Å². The Labute approximate surface area is 191 Å². The standard InChI is InChI=1S/C26H37NO5/c1-15(2)12-22-24-18(5)17(4)14-20-13-16(3)8-7-9-21(31-19(6)28)10-11-23(29)32-26(20,24)25(30)27-22/h10-11,13-15,18,20-22,24H,7-9,12H2,1-6H3,(H,27,30)/b11-10+,16-13+/t18-,20-,21-,22-,24-,26+/m0/s1. The van der Waals surface area contributed by atoms with Crippen LogP contribution in [0.5, 0.6) is 0 Å². The molecule has 1 spiro atoms. The van der Waals surface area contributed by atoms with Crippen molar-refractivity contribution in [3.8, 4) is 0 Å². The van der Waals surface area contributed by atoms with Crippen molar-refractivity contribution < 1.29 is 23.9 Å². The van der Waals surface area contributed by atoms with Crippen LogP contribution in [0.2, 0.25) is 0 Å². The zero-order valence-corrected chi connectivity index (χ0v) is 20.1. The first-order valence-corrected chi connectivity index (χ1v) is 11.8. The van der Waals surface area contributed by atoms with E-state index in [1.165, 1.54) is 18.6 Å². The fourth-order valence-electron chi connectivity index (χ4n) is 5.59. The fourth-order valence-corrected chi connectivity index (χ4v) is 5.59. The van der Waals surface area contributed by atoms with Crippen LogP contribution in [0.1, 0.15) is 67.2 Å². The highest BCUT2D eigenvalue weighted by Gasteiger charge is 2.64. The van der Waals surface area contributed by atoms with Crippen LogP contribution in [-0.4, -0.2) is 35.6 Å². The van der Waals surface area contributed by atoms with Crippen molar-refractivity contribution in [3.05, 3.63) is 35.5 Å². The normalized spacial score (nSPS) is 38.0. The Kier molecular flexibility index (Phi) is 7.31. The van der Waals surface area contributed by atoms with E-state index in [1.54, 1.807) is 6.08 Å². The van der Waals surface area contributed by atoms with Crippen LogP contribution in [0, 0.1) is 23.7 Å². The second-order valence-electron chi connectivity index (χ2n) is 10.1. The van der Waals surface area contributed by atoms with E-state index >= 15 is 0 Å². The van der Waals surface area contributed by atoms with Gasteiger partial charge in [0.25, 0.3) is 5.91 Å². The van der Waals surface area contributed by atoms with Crippen LogP contribution in [0.25, 0.3) is 0 Å². The van der Waals surface area contributed by atoms with Gasteiger partial charge in [0.05, 0.1) is 0 Å². The van der Waals surface area contributed by atoms with Gasteiger partial charge < -0.3 is 14.8 Å². The minimum absolute atomic E-state index is 0.0594. The Balaban J connectivity index is 2.07. The topological polar surface area (TPSA) is 81.7 Å². The highest BCUT2D eigenvalue weighted by molar-refractivity contribution is 5.94. The summed E-state index contributed by atoms with van der Waals surface area (Å²) < 4.78 is 11.5. The van der Waals surface area contributed by atoms with Crippen LogP contribution >= 0.6 is 0 Å². The monoisotopic (exact) mass is 443 g/mol. The fraction of sp³-hybridized carbons (Fsp3) is 0.654. The van der Waals surface area contributed by atoms with Crippen molar-refractivity contribution in [2.24, 2.45) is 23.7 Å². The maximum Gasteiger partial charge on any atom is 0.331 e. The van der Waals surface area contributed by atoms with Crippen LogP contribution < -0.4 is 5.32 Å². The second kappa shape index (κ2) is 9.63. The number of nitrogens with one attached hydrogen (secondary N) is 1. The van der Waals surface area contributed by atoms with Crippen LogP contribution in [0.15, 0.2) is 35.5 Å². The summed E-state index contributed by atoms with van der Waals surface area (Å²) in [5.74, 6) is -1.16. The molecule has 3 aliphatic rings. The summed E-state index contributed by atoms with van der Waals surface area (Å²) in [5.41, 5.74) is 1.07. The van der Waals surface area contributed by atoms with E-state index in [9.17, 15) is 14.4 Å². The summed E-state index contributed by atoms with van der Waals surface area (Å²) in [6, 6.07) is -0.0594. The Morgan fingerprint density at radius 2 is 2.00 bits per heavy atom. The molecule has 1 saturated heterocycles. The summed E-state index contributed by atoms with van der Waals surface area (Å²) in [7, 11) is 0. The first-order chi connectivity index (χ1) is 15.0. The first kappa shape index (κ1) is 24.3. The van der Waals surface area contributed by atoms with Gasteiger partial charge in [0.2, 0.25) is 5.60 Å². The maximum atomic E-state index is 13.5. The second-order valence-corrected chi connectivity index (χ2v) is 10.1. The maximum absolute atomic E-state index is 13.5. The van der Waals surface area contributed by atoms with Gasteiger partial charge in [-0.05, 0) is 57.4 Å². The summed E-state index contributed by atoms with van der Waals surface area (Å²) in [5, 5.41) is 3.18. The number of hydrogen-bond acceptors (Lipinski definition) is 5. The highest BCUT2D eigenvalue weighted by Crippen LogP contribution is 2.50. The summed E-state index contributed by atoms with van der Waals surface area (Å²) >= 11 is 0. The predicted octanol–water partition coefficient (Wildman–Crippen LogP) is 4.26. The van der Waals surface area contributed by atoms with Gasteiger partial charge in [-0.1, -0.05) is 44.1 Å². The van der Waals surface area contributed by atoms with Gasteiger partial charge in [0.15, 0.2) is 0 Å². The molecule has 6 atom stereocenters. The molecule has 6 heteroatoms. The number of carbonyl (C=O) groups excluding carboxylic acids is 3. The number of amides is 1. The van der Waals surface area contributed by atoms with E-state index < -0.39 is 17.7 Å². The molecule has 1 N–H and O–H groups in total. The van der Waals surface area contributed by atoms with E-state index in [-0.39, 0.29) is 35.7 Å². The Bertz CT molecular complexity index is 854. The highest BCUT2D eigenvalue weighted by atomic mass is 16.6. The Morgan fingerprint density at radius 3 is 2.66 bits per heavy atom. The molecule has 3 rings (SSSR count). The summed E-state index contributed by atoms with van der Waals surface area (Å²) in [6.07, 6.45) is 9.68. The number of carbonyl (C=O) groups is 3. The van der Waals surface area contributed by atoms with Crippen molar-refractivity contribution in [3.63, 3.8) is 0 Å². The van der Waals surface area contributed by atoms with Gasteiger partial charge >= 0.3 is 11.9 Å². The minimum Gasteiger partial charge on any atom is -0.458 e. The average molecular weight is 444 g/mol. The largest absolute Gasteiger partial charge is 0.458 e. The molecule has 0 bridgehead atoms. The predicted molar refractivity (Wildman–Crippen MR) is 122 cm³/mol. The lowest BCUT2D eigenvalue weighted by molar-refractivity contribution is -0.172. The van der Waals surface area contributed by atoms with Crippen molar-refractivity contribution in [1.82, 2.24) is 5.32 Å². The molecule has 32 heavy (non-hydrogen) atoms. The van der Waals surface area contributed by atoms with E-state index in [0.717, 1.165) is 24.8 Å². The summed E-state index contributed by atoms with van der Waals surface area (Å²) in [4.78, 5) is 38.0. The molecular weight excluding hydrogens is 406 g/mol. The molecule has 176 valence electrons. The number of hydrogen-bond donors (Lipinski definition) is 1. The lowest BCUT2D eigenvalue weighted by atomic mass is 9.63. The molecule has 0 radical (unpaired) electrons. The molecule has 2 aliphatic heterocycles. The number of ether oxygens (including phenoxy) is 2. The van der Waals surface area contributed by atoms with Gasteiger partial charge in [-0.15, -0.1) is 0 Å². The molecule has 0 unspecified atom stereocenters. The van der Waals surface area contributed by atoms with Gasteiger partial charge in [-0.3, -0.25) is 9.59 Å². The van der Waals surface area contributed by atoms with Gasteiger partial charge in [0.1, 0.15) is 6.10 Å². The zero-order valence-electron chi connectivity index (χ0n) is 20.1. The quantitative estimate of drug-likeness (QED) is 0.521. The molecule has 1 aliphatic carbocycles. The number of allylic oxidation sites excluding steroid dienone is 2. The third kappa shape index (κ3) is 4.84. The van der Waals surface area contributed by atoms with Gasteiger partial charge in [0, 0.05) is 30.9 Å². The zero-order chi connectivity index (χ0) is 23.6. The molecule has 0 aromatic heterocycles. The molecule has 0 aromatic rings. The van der Waals surface area contributed by atoms with Crippen molar-refractivity contribution in [2.75, 3.05) is 0 Å². The van der Waals surface area contributed by atoms with E-state index in [1.807, 2.05) is 6.92 Å². The molecule has 2 heterocycles.